The number of halogens is 1. The molecule has 0 aliphatic rings. The summed E-state index contributed by atoms with van der Waals surface area (Å²) in [5.41, 5.74) is 2.11. The van der Waals surface area contributed by atoms with Crippen LogP contribution < -0.4 is 20.1 Å². The maximum Gasteiger partial charge on any atom is 0.191 e. The maximum atomic E-state index is 9.68. The number of benzene rings is 2. The average molecular weight is 436 g/mol. The smallest absolute Gasteiger partial charge is 0.191 e. The first kappa shape index (κ1) is 21.1. The third-order valence-corrected chi connectivity index (χ3v) is 4.77. The molecule has 0 amide bonds. The van der Waals surface area contributed by atoms with Crippen molar-refractivity contribution in [2.45, 2.75) is 12.5 Å². The molecule has 0 spiro atoms. The fraction of sp³-hybridized carbons (Fsp3) is 0.350. The van der Waals surface area contributed by atoms with Gasteiger partial charge >= 0.3 is 0 Å². The highest BCUT2D eigenvalue weighted by molar-refractivity contribution is 9.10. The van der Waals surface area contributed by atoms with Crippen LogP contribution in [0.1, 0.15) is 17.0 Å². The molecule has 6 nitrogen and oxygen atoms in total. The molecule has 0 aliphatic heterocycles. The Bertz CT molecular complexity index is 754. The summed E-state index contributed by atoms with van der Waals surface area (Å²) in [6.07, 6.45) is 0. The molecule has 0 heterocycles. The normalized spacial score (nSPS) is 12.4. The van der Waals surface area contributed by atoms with Gasteiger partial charge < -0.3 is 25.2 Å². The van der Waals surface area contributed by atoms with E-state index < -0.39 is 0 Å². The summed E-state index contributed by atoms with van der Waals surface area (Å²) in [6.45, 7) is 1.21. The lowest BCUT2D eigenvalue weighted by Gasteiger charge is -2.18. The van der Waals surface area contributed by atoms with E-state index in [0.29, 0.717) is 30.5 Å². The van der Waals surface area contributed by atoms with Gasteiger partial charge in [0.05, 0.1) is 25.3 Å². The minimum atomic E-state index is -0.0000232. The zero-order chi connectivity index (χ0) is 19.6. The molecular formula is C20H26BrN3O3. The molecule has 2 rings (SSSR count). The van der Waals surface area contributed by atoms with Crippen LogP contribution in [0.15, 0.2) is 51.9 Å². The van der Waals surface area contributed by atoms with Crippen molar-refractivity contribution in [3.8, 4) is 11.5 Å². The molecule has 0 aromatic heterocycles. The minimum absolute atomic E-state index is 0.0000232. The fourth-order valence-electron chi connectivity index (χ4n) is 2.71. The van der Waals surface area contributed by atoms with Crippen LogP contribution in [-0.4, -0.2) is 45.5 Å². The zero-order valence-electron chi connectivity index (χ0n) is 15.8. The summed E-state index contributed by atoms with van der Waals surface area (Å²) in [4.78, 5) is 4.25. The molecular weight excluding hydrogens is 410 g/mol. The van der Waals surface area contributed by atoms with Crippen LogP contribution in [0, 0.1) is 0 Å². The first-order valence-corrected chi connectivity index (χ1v) is 9.42. The molecule has 3 N–H and O–H groups in total. The Balaban J connectivity index is 1.97. The predicted octanol–water partition coefficient (Wildman–Crippen LogP) is 2.91. The predicted molar refractivity (Wildman–Crippen MR) is 112 cm³/mol. The number of aliphatic hydroxyl groups excluding tert-OH is 1. The molecule has 0 saturated carbocycles. The van der Waals surface area contributed by atoms with Gasteiger partial charge in [0.25, 0.3) is 0 Å². The van der Waals surface area contributed by atoms with Crippen molar-refractivity contribution in [2.75, 3.05) is 34.4 Å². The number of hydrogen-bond acceptors (Lipinski definition) is 4. The molecule has 146 valence electrons. The van der Waals surface area contributed by atoms with E-state index in [2.05, 4.69) is 31.6 Å². The van der Waals surface area contributed by atoms with E-state index in [1.54, 1.807) is 21.3 Å². The quantitative estimate of drug-likeness (QED) is 0.439. The van der Waals surface area contributed by atoms with E-state index in [-0.39, 0.29) is 12.5 Å². The van der Waals surface area contributed by atoms with Gasteiger partial charge in [0.1, 0.15) is 0 Å². The van der Waals surface area contributed by atoms with Gasteiger partial charge in [-0.05, 0) is 39.2 Å². The molecule has 27 heavy (non-hydrogen) atoms. The number of guanidine groups is 1. The van der Waals surface area contributed by atoms with Crippen LogP contribution in [0.3, 0.4) is 0 Å². The number of ether oxygens (including phenoxy) is 2. The van der Waals surface area contributed by atoms with Crippen molar-refractivity contribution in [2.24, 2.45) is 4.99 Å². The van der Waals surface area contributed by atoms with Crippen molar-refractivity contribution in [1.82, 2.24) is 10.6 Å². The molecule has 0 radical (unpaired) electrons. The van der Waals surface area contributed by atoms with E-state index in [4.69, 9.17) is 9.47 Å². The summed E-state index contributed by atoms with van der Waals surface area (Å²) >= 11 is 3.50. The van der Waals surface area contributed by atoms with Gasteiger partial charge in [0, 0.05) is 26.1 Å². The first-order valence-electron chi connectivity index (χ1n) is 8.63. The van der Waals surface area contributed by atoms with Crippen LogP contribution >= 0.6 is 15.9 Å². The van der Waals surface area contributed by atoms with Gasteiger partial charge in [-0.15, -0.1) is 0 Å². The van der Waals surface area contributed by atoms with Gasteiger partial charge in [-0.1, -0.05) is 30.3 Å². The topological polar surface area (TPSA) is 75.1 Å². The van der Waals surface area contributed by atoms with Gasteiger partial charge in [0.2, 0.25) is 0 Å². The van der Waals surface area contributed by atoms with Crippen molar-refractivity contribution >= 4 is 21.9 Å². The van der Waals surface area contributed by atoms with Crippen molar-refractivity contribution in [3.05, 3.63) is 58.1 Å². The van der Waals surface area contributed by atoms with Crippen molar-refractivity contribution < 1.29 is 14.6 Å². The highest BCUT2D eigenvalue weighted by Gasteiger charge is 2.12. The number of methoxy groups -OCH3 is 2. The summed E-state index contributed by atoms with van der Waals surface area (Å²) in [5, 5.41) is 16.2. The third-order valence-electron chi connectivity index (χ3n) is 4.18. The van der Waals surface area contributed by atoms with Crippen LogP contribution in [-0.2, 0) is 6.54 Å². The van der Waals surface area contributed by atoms with Crippen LogP contribution in [0.25, 0.3) is 0 Å². The van der Waals surface area contributed by atoms with Gasteiger partial charge in [-0.2, -0.15) is 0 Å². The lowest BCUT2D eigenvalue weighted by Crippen LogP contribution is -2.39. The Hall–Kier alpha value is -2.25. The molecule has 2 aromatic carbocycles. The van der Waals surface area contributed by atoms with E-state index in [0.717, 1.165) is 15.6 Å². The number of aliphatic hydroxyl groups is 1. The lowest BCUT2D eigenvalue weighted by molar-refractivity contribution is 0.265. The highest BCUT2D eigenvalue weighted by atomic mass is 79.9. The van der Waals surface area contributed by atoms with Crippen molar-refractivity contribution in [3.63, 3.8) is 0 Å². The molecule has 1 atom stereocenters. The standard InChI is InChI=1S/C20H26BrN3O3/c1-22-20(24-12-16(13-25)15-7-5-4-6-8-15)23-11-14-9-17(21)19(27-3)18(10-14)26-2/h4-10,16,25H,11-13H2,1-3H3,(H2,22,23,24). The number of nitrogens with zero attached hydrogens (tertiary/aromatic N) is 1. The Morgan fingerprint density at radius 1 is 1.15 bits per heavy atom. The molecule has 1 unspecified atom stereocenters. The van der Waals surface area contributed by atoms with Gasteiger partial charge in [-0.3, -0.25) is 4.99 Å². The minimum Gasteiger partial charge on any atom is -0.493 e. The second-order valence-corrected chi connectivity index (χ2v) is 6.76. The number of hydrogen-bond donors (Lipinski definition) is 3. The molecule has 0 bridgehead atoms. The average Bonchev–Trinajstić information content (AvgIpc) is 2.70. The maximum absolute atomic E-state index is 9.68. The SMILES string of the molecule is CN=C(NCc1cc(Br)c(OC)c(OC)c1)NCC(CO)c1ccccc1. The Labute approximate surface area is 168 Å². The number of aliphatic imine (C=N–C) groups is 1. The highest BCUT2D eigenvalue weighted by Crippen LogP contribution is 2.36. The Kier molecular flexibility index (Phi) is 8.42. The van der Waals surface area contributed by atoms with Gasteiger partial charge in [0.15, 0.2) is 17.5 Å². The summed E-state index contributed by atoms with van der Waals surface area (Å²) in [6, 6.07) is 13.8. The number of nitrogens with one attached hydrogen (secondary N) is 2. The fourth-order valence-corrected chi connectivity index (χ4v) is 3.36. The monoisotopic (exact) mass is 435 g/mol. The molecule has 2 aromatic rings. The molecule has 7 heteroatoms. The Morgan fingerprint density at radius 2 is 1.89 bits per heavy atom. The largest absolute Gasteiger partial charge is 0.493 e. The van der Waals surface area contributed by atoms with E-state index in [9.17, 15) is 5.11 Å². The first-order chi connectivity index (χ1) is 13.1. The van der Waals surface area contributed by atoms with Gasteiger partial charge in [-0.25, -0.2) is 0 Å². The second kappa shape index (κ2) is 10.8. The molecule has 0 saturated heterocycles. The van der Waals surface area contributed by atoms with Crippen LogP contribution in [0.2, 0.25) is 0 Å². The van der Waals surface area contributed by atoms with Crippen LogP contribution in [0.4, 0.5) is 0 Å². The molecule has 0 aliphatic carbocycles. The second-order valence-electron chi connectivity index (χ2n) is 5.91. The third kappa shape index (κ3) is 5.87. The molecule has 0 fully saturated rings. The summed E-state index contributed by atoms with van der Waals surface area (Å²) in [5.74, 6) is 1.99. The van der Waals surface area contributed by atoms with Crippen molar-refractivity contribution in [1.29, 1.82) is 0 Å². The zero-order valence-corrected chi connectivity index (χ0v) is 17.4. The summed E-state index contributed by atoms with van der Waals surface area (Å²) < 4.78 is 11.5. The van der Waals surface area contributed by atoms with E-state index in [1.807, 2.05) is 42.5 Å². The Morgan fingerprint density at radius 3 is 2.48 bits per heavy atom. The lowest BCUT2D eigenvalue weighted by atomic mass is 10.0. The van der Waals surface area contributed by atoms with E-state index >= 15 is 0 Å². The van der Waals surface area contributed by atoms with Crippen LogP contribution in [0.5, 0.6) is 11.5 Å². The summed E-state index contributed by atoms with van der Waals surface area (Å²) in [7, 11) is 4.94. The van der Waals surface area contributed by atoms with E-state index in [1.165, 1.54) is 0 Å². The number of rotatable bonds is 8.